The van der Waals surface area contributed by atoms with Crippen LogP contribution >= 0.6 is 15.9 Å². The molecule has 70 valence electrons. The molecule has 2 rings (SSSR count). The lowest BCUT2D eigenvalue weighted by molar-refractivity contribution is 0.711. The van der Waals surface area contributed by atoms with Crippen LogP contribution in [0.1, 0.15) is 12.8 Å². The smallest absolute Gasteiger partial charge is 0.127 e. The molecule has 0 aromatic carbocycles. The van der Waals surface area contributed by atoms with Crippen molar-refractivity contribution in [1.29, 1.82) is 0 Å². The molecule has 0 saturated heterocycles. The van der Waals surface area contributed by atoms with Crippen molar-refractivity contribution in [1.82, 2.24) is 4.98 Å². The molecule has 1 aliphatic carbocycles. The average Bonchev–Trinajstić information content (AvgIpc) is 2.82. The molecule has 1 saturated carbocycles. The maximum atomic E-state index is 5.93. The number of nitrogens with one attached hydrogen (secondary N) is 1. The molecule has 0 spiro atoms. The molecule has 0 amide bonds. The minimum atomic E-state index is 0.0317. The number of anilines is 1. The van der Waals surface area contributed by atoms with Crippen LogP contribution in [0.25, 0.3) is 0 Å². The van der Waals surface area contributed by atoms with Crippen LogP contribution in [-0.2, 0) is 0 Å². The first kappa shape index (κ1) is 8.97. The van der Waals surface area contributed by atoms with Gasteiger partial charge in [-0.3, -0.25) is 0 Å². The van der Waals surface area contributed by atoms with E-state index in [0.29, 0.717) is 0 Å². The predicted molar refractivity (Wildman–Crippen MR) is 56.6 cm³/mol. The highest BCUT2D eigenvalue weighted by atomic mass is 79.9. The van der Waals surface area contributed by atoms with Gasteiger partial charge in [-0.15, -0.1) is 0 Å². The lowest BCUT2D eigenvalue weighted by Crippen LogP contribution is -2.31. The van der Waals surface area contributed by atoms with Crippen molar-refractivity contribution in [3.63, 3.8) is 0 Å². The molecule has 13 heavy (non-hydrogen) atoms. The van der Waals surface area contributed by atoms with Crippen LogP contribution in [0.4, 0.5) is 5.82 Å². The van der Waals surface area contributed by atoms with Crippen molar-refractivity contribution in [3.8, 4) is 0 Å². The summed E-state index contributed by atoms with van der Waals surface area (Å²) in [6, 6.07) is 5.80. The third-order valence-electron chi connectivity index (χ3n) is 2.23. The Morgan fingerprint density at radius 2 is 2.31 bits per heavy atom. The summed E-state index contributed by atoms with van der Waals surface area (Å²) in [6.07, 6.45) is 2.24. The van der Waals surface area contributed by atoms with Crippen LogP contribution in [0.2, 0.25) is 0 Å². The topological polar surface area (TPSA) is 50.9 Å². The number of halogens is 1. The molecule has 0 unspecified atom stereocenters. The minimum Gasteiger partial charge on any atom is -0.368 e. The van der Waals surface area contributed by atoms with Crippen LogP contribution in [0, 0.1) is 0 Å². The van der Waals surface area contributed by atoms with Gasteiger partial charge in [0.2, 0.25) is 0 Å². The van der Waals surface area contributed by atoms with Crippen molar-refractivity contribution in [2.75, 3.05) is 11.9 Å². The molecule has 3 nitrogen and oxygen atoms in total. The fourth-order valence-electron chi connectivity index (χ4n) is 1.11. The zero-order chi connectivity index (χ0) is 9.31. The SMILES string of the molecule is NC1(CNc2cccc(Br)n2)CC1. The maximum Gasteiger partial charge on any atom is 0.127 e. The number of pyridine rings is 1. The fourth-order valence-corrected chi connectivity index (χ4v) is 1.45. The molecular weight excluding hydrogens is 230 g/mol. The Kier molecular flexibility index (Phi) is 2.26. The highest BCUT2D eigenvalue weighted by molar-refractivity contribution is 9.10. The lowest BCUT2D eigenvalue weighted by atomic mass is 10.3. The molecule has 1 aliphatic rings. The number of nitrogens with two attached hydrogens (primary N) is 1. The zero-order valence-electron chi connectivity index (χ0n) is 7.26. The predicted octanol–water partition coefficient (Wildman–Crippen LogP) is 1.75. The van der Waals surface area contributed by atoms with Crippen LogP contribution in [0.15, 0.2) is 22.8 Å². The monoisotopic (exact) mass is 241 g/mol. The largest absolute Gasteiger partial charge is 0.368 e. The van der Waals surface area contributed by atoms with Gasteiger partial charge >= 0.3 is 0 Å². The van der Waals surface area contributed by atoms with Gasteiger partial charge in [-0.1, -0.05) is 6.07 Å². The summed E-state index contributed by atoms with van der Waals surface area (Å²) in [7, 11) is 0. The number of hydrogen-bond acceptors (Lipinski definition) is 3. The van der Waals surface area contributed by atoms with Crippen molar-refractivity contribution >= 4 is 21.7 Å². The molecule has 0 aliphatic heterocycles. The van der Waals surface area contributed by atoms with E-state index in [9.17, 15) is 0 Å². The van der Waals surface area contributed by atoms with E-state index in [1.54, 1.807) is 0 Å². The third kappa shape index (κ3) is 2.42. The molecule has 1 aromatic heterocycles. The van der Waals surface area contributed by atoms with E-state index in [4.69, 9.17) is 5.73 Å². The fraction of sp³-hybridized carbons (Fsp3) is 0.444. The van der Waals surface area contributed by atoms with Gasteiger partial charge < -0.3 is 11.1 Å². The summed E-state index contributed by atoms with van der Waals surface area (Å²) in [5, 5.41) is 3.22. The highest BCUT2D eigenvalue weighted by Gasteiger charge is 2.37. The van der Waals surface area contributed by atoms with E-state index in [0.717, 1.165) is 29.8 Å². The first-order valence-corrected chi connectivity index (χ1v) is 5.13. The summed E-state index contributed by atoms with van der Waals surface area (Å²) >= 11 is 3.32. The Labute approximate surface area is 85.9 Å². The van der Waals surface area contributed by atoms with Crippen LogP contribution < -0.4 is 11.1 Å². The molecular formula is C9H12BrN3. The average molecular weight is 242 g/mol. The van der Waals surface area contributed by atoms with E-state index in [-0.39, 0.29) is 5.54 Å². The normalized spacial score (nSPS) is 18.3. The van der Waals surface area contributed by atoms with Crippen LogP contribution in [0.5, 0.6) is 0 Å². The zero-order valence-corrected chi connectivity index (χ0v) is 8.84. The standard InChI is InChI=1S/C9H12BrN3/c10-7-2-1-3-8(13-7)12-6-9(11)4-5-9/h1-3H,4-6,11H2,(H,12,13). The van der Waals surface area contributed by atoms with Gasteiger partial charge in [0.1, 0.15) is 10.4 Å². The Balaban J connectivity index is 1.94. The van der Waals surface area contributed by atoms with Gasteiger partial charge in [-0.2, -0.15) is 0 Å². The molecule has 1 fully saturated rings. The van der Waals surface area contributed by atoms with E-state index in [1.807, 2.05) is 18.2 Å². The Morgan fingerprint density at radius 3 is 2.92 bits per heavy atom. The van der Waals surface area contributed by atoms with Crippen molar-refractivity contribution in [2.24, 2.45) is 5.73 Å². The highest BCUT2D eigenvalue weighted by Crippen LogP contribution is 2.31. The first-order chi connectivity index (χ1) is 6.18. The van der Waals surface area contributed by atoms with Gasteiger partial charge in [0.05, 0.1) is 0 Å². The molecule has 0 bridgehead atoms. The minimum absolute atomic E-state index is 0.0317. The van der Waals surface area contributed by atoms with Crippen molar-refractivity contribution < 1.29 is 0 Å². The summed E-state index contributed by atoms with van der Waals surface area (Å²) in [6.45, 7) is 0.816. The number of nitrogens with zero attached hydrogens (tertiary/aromatic N) is 1. The van der Waals surface area contributed by atoms with Crippen molar-refractivity contribution in [2.45, 2.75) is 18.4 Å². The van der Waals surface area contributed by atoms with Crippen molar-refractivity contribution in [3.05, 3.63) is 22.8 Å². The maximum absolute atomic E-state index is 5.93. The summed E-state index contributed by atoms with van der Waals surface area (Å²) in [5.74, 6) is 0.881. The third-order valence-corrected chi connectivity index (χ3v) is 2.67. The summed E-state index contributed by atoms with van der Waals surface area (Å²) in [5.41, 5.74) is 5.96. The second kappa shape index (κ2) is 3.27. The second-order valence-corrected chi connectivity index (χ2v) is 4.37. The van der Waals surface area contributed by atoms with Gasteiger partial charge in [0.15, 0.2) is 0 Å². The first-order valence-electron chi connectivity index (χ1n) is 4.33. The Hall–Kier alpha value is -0.610. The Bertz CT molecular complexity index is 309. The second-order valence-electron chi connectivity index (χ2n) is 3.56. The van der Waals surface area contributed by atoms with Gasteiger partial charge in [0, 0.05) is 12.1 Å². The molecule has 1 aromatic rings. The molecule has 4 heteroatoms. The van der Waals surface area contributed by atoms with Crippen LogP contribution in [0.3, 0.4) is 0 Å². The molecule has 1 heterocycles. The van der Waals surface area contributed by atoms with E-state index < -0.39 is 0 Å². The quantitative estimate of drug-likeness (QED) is 0.794. The molecule has 0 atom stereocenters. The Morgan fingerprint density at radius 1 is 1.54 bits per heavy atom. The molecule has 0 radical (unpaired) electrons. The lowest BCUT2D eigenvalue weighted by Gasteiger charge is -2.10. The number of aromatic nitrogens is 1. The van der Waals surface area contributed by atoms with E-state index >= 15 is 0 Å². The summed E-state index contributed by atoms with van der Waals surface area (Å²) in [4.78, 5) is 4.25. The summed E-state index contributed by atoms with van der Waals surface area (Å²) < 4.78 is 0.847. The molecule has 3 N–H and O–H groups in total. The van der Waals surface area contributed by atoms with Gasteiger partial charge in [-0.05, 0) is 40.9 Å². The van der Waals surface area contributed by atoms with Gasteiger partial charge in [0.25, 0.3) is 0 Å². The van der Waals surface area contributed by atoms with E-state index in [2.05, 4.69) is 26.2 Å². The van der Waals surface area contributed by atoms with Gasteiger partial charge in [-0.25, -0.2) is 4.98 Å². The van der Waals surface area contributed by atoms with Crippen LogP contribution in [-0.4, -0.2) is 17.1 Å². The van der Waals surface area contributed by atoms with E-state index in [1.165, 1.54) is 0 Å². The number of rotatable bonds is 3. The number of hydrogen-bond donors (Lipinski definition) is 2.